The fourth-order valence-electron chi connectivity index (χ4n) is 10.3. The molecule has 5 fully saturated rings. The Bertz CT molecular complexity index is 938. The summed E-state index contributed by atoms with van der Waals surface area (Å²) in [6, 6.07) is 0. The Morgan fingerprint density at radius 1 is 1.03 bits per heavy atom. The first-order valence-corrected chi connectivity index (χ1v) is 16.3. The second-order valence-corrected chi connectivity index (χ2v) is 15.6. The fraction of sp³-hybridized carbons (Fsp3) is 0.966. The smallest absolute Gasteiger partial charge is 0.222 e. The molecule has 1 amide bonds. The molecule has 0 aromatic rings. The zero-order valence-electron chi connectivity index (χ0n) is 22.7. The Hall–Kier alpha value is -0.660. The Morgan fingerprint density at radius 3 is 2.50 bits per heavy atom. The van der Waals surface area contributed by atoms with E-state index >= 15 is 0 Å². The van der Waals surface area contributed by atoms with E-state index in [-0.39, 0.29) is 18.6 Å². The number of aliphatic hydroxyl groups excluding tert-OH is 1. The van der Waals surface area contributed by atoms with E-state index in [9.17, 15) is 22.9 Å². The SMILES string of the molecule is C[C@H](CCC(=O)N1CCC[C@@H](S(=O)(=O)[O-])C1)[C@H]1CC[C@H]2[C@@H]3CC[C@@H]4C[C@H](O)CC[C@]4(C)[C@H]3CC[C@]12C. The van der Waals surface area contributed by atoms with Crippen LogP contribution >= 0.6 is 0 Å². The van der Waals surface area contributed by atoms with Crippen molar-refractivity contribution in [2.24, 2.45) is 46.3 Å². The maximum atomic E-state index is 12.9. The summed E-state index contributed by atoms with van der Waals surface area (Å²) in [4.78, 5) is 14.6. The lowest BCUT2D eigenvalue weighted by atomic mass is 9.44. The number of amides is 1. The van der Waals surface area contributed by atoms with Crippen molar-refractivity contribution in [3.05, 3.63) is 0 Å². The van der Waals surface area contributed by atoms with Gasteiger partial charge < -0.3 is 14.6 Å². The average Bonchev–Trinajstić information content (AvgIpc) is 3.19. The number of piperidine rings is 1. The number of rotatable bonds is 5. The summed E-state index contributed by atoms with van der Waals surface area (Å²) in [5.41, 5.74) is 0.761. The van der Waals surface area contributed by atoms with Gasteiger partial charge in [-0.3, -0.25) is 4.79 Å². The van der Waals surface area contributed by atoms with Crippen LogP contribution < -0.4 is 0 Å². The van der Waals surface area contributed by atoms with E-state index in [1.807, 2.05) is 0 Å². The molecule has 10 atom stereocenters. The molecule has 1 saturated heterocycles. The van der Waals surface area contributed by atoms with E-state index < -0.39 is 15.4 Å². The summed E-state index contributed by atoms with van der Waals surface area (Å²) < 4.78 is 34.4. The molecule has 0 radical (unpaired) electrons. The molecular formula is C29H48NO5S-. The number of hydrogen-bond acceptors (Lipinski definition) is 5. The Labute approximate surface area is 218 Å². The van der Waals surface area contributed by atoms with Crippen molar-refractivity contribution in [3.63, 3.8) is 0 Å². The van der Waals surface area contributed by atoms with Gasteiger partial charge in [-0.25, -0.2) is 8.42 Å². The maximum Gasteiger partial charge on any atom is 0.222 e. The molecule has 0 aromatic heterocycles. The van der Waals surface area contributed by atoms with Crippen molar-refractivity contribution in [2.45, 2.75) is 116 Å². The van der Waals surface area contributed by atoms with E-state index in [2.05, 4.69) is 20.8 Å². The van der Waals surface area contributed by atoms with Gasteiger partial charge in [-0.05, 0) is 123 Å². The molecule has 0 bridgehead atoms. The van der Waals surface area contributed by atoms with Gasteiger partial charge in [0.25, 0.3) is 0 Å². The zero-order valence-corrected chi connectivity index (χ0v) is 23.5. The molecule has 6 nitrogen and oxygen atoms in total. The molecule has 4 aliphatic carbocycles. The van der Waals surface area contributed by atoms with Crippen LogP contribution in [0.2, 0.25) is 0 Å². The summed E-state index contributed by atoms with van der Waals surface area (Å²) in [6.45, 7) is 8.08. The van der Waals surface area contributed by atoms with E-state index in [1.54, 1.807) is 4.90 Å². The van der Waals surface area contributed by atoms with Gasteiger partial charge in [0, 0.05) is 19.5 Å². The first-order chi connectivity index (χ1) is 16.9. The summed E-state index contributed by atoms with van der Waals surface area (Å²) in [7, 11) is -4.34. The van der Waals surface area contributed by atoms with Crippen LogP contribution in [0.3, 0.4) is 0 Å². The second-order valence-electron chi connectivity index (χ2n) is 13.9. The summed E-state index contributed by atoms with van der Waals surface area (Å²) in [5, 5.41) is 9.36. The van der Waals surface area contributed by atoms with Gasteiger partial charge in [-0.2, -0.15) is 0 Å². The topological polar surface area (TPSA) is 97.7 Å². The number of likely N-dealkylation sites (tertiary alicyclic amines) is 1. The van der Waals surface area contributed by atoms with Gasteiger partial charge >= 0.3 is 0 Å². The highest BCUT2D eigenvalue weighted by Crippen LogP contribution is 2.68. The Morgan fingerprint density at radius 2 is 1.75 bits per heavy atom. The summed E-state index contributed by atoms with van der Waals surface area (Å²) in [6.07, 6.45) is 13.2. The van der Waals surface area contributed by atoms with E-state index in [0.29, 0.717) is 54.4 Å². The van der Waals surface area contributed by atoms with Gasteiger partial charge in [0.05, 0.1) is 21.5 Å². The van der Waals surface area contributed by atoms with Gasteiger partial charge in [0.1, 0.15) is 0 Å². The Balaban J connectivity index is 1.20. The van der Waals surface area contributed by atoms with Crippen LogP contribution in [0.4, 0.5) is 0 Å². The molecule has 206 valence electrons. The predicted octanol–water partition coefficient (Wildman–Crippen LogP) is 4.96. The van der Waals surface area contributed by atoms with Crippen molar-refractivity contribution < 1.29 is 22.9 Å². The minimum absolute atomic E-state index is 0.0179. The number of fused-ring (bicyclic) bond motifs is 5. The van der Waals surface area contributed by atoms with Crippen molar-refractivity contribution in [1.82, 2.24) is 4.90 Å². The Kier molecular flexibility index (Phi) is 7.35. The fourth-order valence-corrected chi connectivity index (χ4v) is 11.1. The van der Waals surface area contributed by atoms with Crippen molar-refractivity contribution >= 4 is 16.0 Å². The molecule has 5 rings (SSSR count). The highest BCUT2D eigenvalue weighted by atomic mass is 32.2. The van der Waals surface area contributed by atoms with Crippen molar-refractivity contribution in [2.75, 3.05) is 13.1 Å². The van der Waals surface area contributed by atoms with Crippen LogP contribution in [0.5, 0.6) is 0 Å². The van der Waals surface area contributed by atoms with Crippen LogP contribution in [0.15, 0.2) is 0 Å². The lowest BCUT2D eigenvalue weighted by molar-refractivity contribution is -0.133. The van der Waals surface area contributed by atoms with Gasteiger partial charge in [-0.1, -0.05) is 20.8 Å². The standard InChI is InChI=1S/C29H49NO5S/c1-19(6-11-27(32)30-16-4-5-22(18-30)36(33,34)35)24-9-10-25-23-8-7-20-17-21(31)12-14-28(20,2)26(23)13-15-29(24,25)3/h19-26,31H,4-18H2,1-3H3,(H,33,34,35)/p-1/t19-,20-,21-,22-,23+,24-,25+,26+,28+,29-/m1/s1. The lowest BCUT2D eigenvalue weighted by Gasteiger charge is -2.61. The number of aliphatic hydroxyl groups is 1. The van der Waals surface area contributed by atoms with Crippen LogP contribution in [0.25, 0.3) is 0 Å². The number of hydrogen-bond donors (Lipinski definition) is 1. The molecule has 1 aliphatic heterocycles. The molecular weight excluding hydrogens is 474 g/mol. The largest absolute Gasteiger partial charge is 0.748 e. The molecule has 1 heterocycles. The van der Waals surface area contributed by atoms with Crippen molar-refractivity contribution in [3.8, 4) is 0 Å². The number of carbonyl (C=O) groups is 1. The molecule has 0 unspecified atom stereocenters. The van der Waals surface area contributed by atoms with E-state index in [0.717, 1.165) is 37.0 Å². The van der Waals surface area contributed by atoms with Crippen LogP contribution in [0.1, 0.15) is 104 Å². The molecule has 36 heavy (non-hydrogen) atoms. The van der Waals surface area contributed by atoms with E-state index in [4.69, 9.17) is 0 Å². The maximum absolute atomic E-state index is 12.9. The average molecular weight is 523 g/mol. The molecule has 0 aromatic carbocycles. The highest BCUT2D eigenvalue weighted by molar-refractivity contribution is 7.86. The molecule has 7 heteroatoms. The molecule has 4 saturated carbocycles. The first kappa shape index (κ1) is 26.9. The predicted molar refractivity (Wildman–Crippen MR) is 139 cm³/mol. The molecule has 5 aliphatic rings. The molecule has 0 spiro atoms. The van der Waals surface area contributed by atoms with Crippen molar-refractivity contribution in [1.29, 1.82) is 0 Å². The minimum atomic E-state index is -4.34. The molecule has 1 N–H and O–H groups in total. The van der Waals surface area contributed by atoms with Crippen LogP contribution in [0, 0.1) is 46.3 Å². The lowest BCUT2D eigenvalue weighted by Crippen LogP contribution is -2.54. The third-order valence-corrected chi connectivity index (χ3v) is 13.6. The second kappa shape index (κ2) is 9.82. The van der Waals surface area contributed by atoms with Gasteiger partial charge in [0.15, 0.2) is 0 Å². The highest BCUT2D eigenvalue weighted by Gasteiger charge is 2.60. The zero-order chi connectivity index (χ0) is 25.9. The third kappa shape index (κ3) is 4.68. The summed E-state index contributed by atoms with van der Waals surface area (Å²) >= 11 is 0. The van der Waals surface area contributed by atoms with Crippen LogP contribution in [-0.2, 0) is 14.9 Å². The van der Waals surface area contributed by atoms with E-state index in [1.165, 1.54) is 44.9 Å². The van der Waals surface area contributed by atoms with Crippen LogP contribution in [-0.4, -0.2) is 53.3 Å². The minimum Gasteiger partial charge on any atom is -0.748 e. The quantitative estimate of drug-likeness (QED) is 0.515. The first-order valence-electron chi connectivity index (χ1n) is 14.8. The normalized spacial score (nSPS) is 45.9. The number of nitrogens with zero attached hydrogens (tertiary/aromatic N) is 1. The monoisotopic (exact) mass is 522 g/mol. The van der Waals surface area contributed by atoms with Gasteiger partial charge in [0.2, 0.25) is 5.91 Å². The van der Waals surface area contributed by atoms with Gasteiger partial charge in [-0.15, -0.1) is 0 Å². The number of carbonyl (C=O) groups excluding carboxylic acids is 1. The third-order valence-electron chi connectivity index (χ3n) is 12.4. The summed E-state index contributed by atoms with van der Waals surface area (Å²) in [5.74, 6) is 4.24.